The van der Waals surface area contributed by atoms with Gasteiger partial charge in [-0.05, 0) is 18.1 Å². The highest BCUT2D eigenvalue weighted by Gasteiger charge is 2.18. The summed E-state index contributed by atoms with van der Waals surface area (Å²) in [7, 11) is 0. The summed E-state index contributed by atoms with van der Waals surface area (Å²) in [5, 5.41) is 12.6. The number of aldehydes is 1. The minimum absolute atomic E-state index is 0.640. The lowest BCUT2D eigenvalue weighted by Gasteiger charge is -2.12. The molecule has 27 heavy (non-hydrogen) atoms. The molecule has 2 aromatic heterocycles. The quantitative estimate of drug-likeness (QED) is 0.526. The number of hydrogen-bond acceptors (Lipinski definition) is 4. The normalized spacial score (nSPS) is 10.9. The van der Waals surface area contributed by atoms with Crippen LogP contribution in [0.3, 0.4) is 0 Å². The number of benzene rings is 2. The predicted octanol–water partition coefficient (Wildman–Crippen LogP) is 4.21. The van der Waals surface area contributed by atoms with Crippen LogP contribution in [0.4, 0.5) is 5.82 Å². The summed E-state index contributed by atoms with van der Waals surface area (Å²) in [4.78, 5) is 11.7. The van der Waals surface area contributed by atoms with Gasteiger partial charge in [0.1, 0.15) is 0 Å². The van der Waals surface area contributed by atoms with Crippen molar-refractivity contribution >= 4 is 23.0 Å². The highest BCUT2D eigenvalue weighted by molar-refractivity contribution is 6.02. The molecule has 0 fully saturated rings. The first-order valence-electron chi connectivity index (χ1n) is 8.89. The summed E-state index contributed by atoms with van der Waals surface area (Å²) in [5.41, 5.74) is 4.81. The van der Waals surface area contributed by atoms with Gasteiger partial charge in [0.2, 0.25) is 0 Å². The Bertz CT molecular complexity index is 1070. The Balaban J connectivity index is 1.78. The van der Waals surface area contributed by atoms with Gasteiger partial charge < -0.3 is 9.88 Å². The second kappa shape index (κ2) is 7.41. The van der Waals surface area contributed by atoms with E-state index in [9.17, 15) is 4.79 Å². The van der Waals surface area contributed by atoms with E-state index in [1.807, 2.05) is 43.3 Å². The number of aromatic nitrogens is 3. The third-order valence-electron chi connectivity index (χ3n) is 4.78. The number of anilines is 1. The molecule has 0 bridgehead atoms. The smallest absolute Gasteiger partial charge is 0.173 e. The van der Waals surface area contributed by atoms with Crippen molar-refractivity contribution in [2.75, 3.05) is 5.32 Å². The van der Waals surface area contributed by atoms with Crippen molar-refractivity contribution in [3.63, 3.8) is 0 Å². The average molecular weight is 356 g/mol. The lowest BCUT2D eigenvalue weighted by atomic mass is 10.2. The first-order chi connectivity index (χ1) is 13.3. The number of carbonyl (C=O) groups excluding carboxylic acids is 1. The van der Waals surface area contributed by atoms with Crippen molar-refractivity contribution in [2.24, 2.45) is 0 Å². The Kier molecular flexibility index (Phi) is 4.66. The van der Waals surface area contributed by atoms with Crippen LogP contribution in [0.1, 0.15) is 27.2 Å². The Labute approximate surface area is 157 Å². The molecular formula is C22H20N4O. The lowest BCUT2D eigenvalue weighted by molar-refractivity contribution is 0.112. The van der Waals surface area contributed by atoms with Crippen LogP contribution >= 0.6 is 0 Å². The van der Waals surface area contributed by atoms with Gasteiger partial charge in [-0.2, -0.15) is 5.10 Å². The maximum Gasteiger partial charge on any atom is 0.173 e. The van der Waals surface area contributed by atoms with Crippen molar-refractivity contribution in [2.45, 2.75) is 20.0 Å². The monoisotopic (exact) mass is 356 g/mol. The Hall–Kier alpha value is -3.47. The zero-order chi connectivity index (χ0) is 18.6. The highest BCUT2D eigenvalue weighted by atomic mass is 16.1. The first kappa shape index (κ1) is 17.0. The Morgan fingerprint density at radius 2 is 1.67 bits per heavy atom. The molecule has 0 aliphatic heterocycles. The number of nitrogens with one attached hydrogen (secondary N) is 1. The van der Waals surface area contributed by atoms with Gasteiger partial charge in [-0.1, -0.05) is 60.7 Å². The zero-order valence-electron chi connectivity index (χ0n) is 15.1. The molecule has 0 aliphatic carbocycles. The summed E-state index contributed by atoms with van der Waals surface area (Å²) in [5.74, 6) is 0.684. The minimum Gasteiger partial charge on any atom is -0.363 e. The molecule has 0 unspecified atom stereocenters. The van der Waals surface area contributed by atoms with Crippen molar-refractivity contribution in [1.29, 1.82) is 0 Å². The summed E-state index contributed by atoms with van der Waals surface area (Å²) < 4.78 is 2.14. The molecule has 0 amide bonds. The molecule has 4 aromatic rings. The number of nitrogens with zero attached hydrogens (tertiary/aromatic N) is 3. The molecule has 0 atom stereocenters. The molecule has 2 heterocycles. The number of hydrogen-bond donors (Lipinski definition) is 1. The number of rotatable bonds is 6. The van der Waals surface area contributed by atoms with Crippen LogP contribution in [-0.2, 0) is 13.1 Å². The molecule has 4 rings (SSSR count). The van der Waals surface area contributed by atoms with Gasteiger partial charge in [0, 0.05) is 29.7 Å². The SMILES string of the molecule is Cc1c(C=O)c2cnnc(NCc3ccccc3)c2n1Cc1ccccc1. The number of carbonyl (C=O) groups is 1. The lowest BCUT2D eigenvalue weighted by Crippen LogP contribution is -2.07. The maximum atomic E-state index is 11.7. The van der Waals surface area contributed by atoms with E-state index in [0.717, 1.165) is 28.4 Å². The molecule has 0 aliphatic rings. The third-order valence-corrected chi connectivity index (χ3v) is 4.78. The molecule has 1 N–H and O–H groups in total. The maximum absolute atomic E-state index is 11.7. The second-order valence-corrected chi connectivity index (χ2v) is 6.48. The summed E-state index contributed by atoms with van der Waals surface area (Å²) >= 11 is 0. The molecular weight excluding hydrogens is 336 g/mol. The van der Waals surface area contributed by atoms with Gasteiger partial charge in [-0.3, -0.25) is 4.79 Å². The van der Waals surface area contributed by atoms with Crippen LogP contribution in [0, 0.1) is 6.92 Å². The van der Waals surface area contributed by atoms with Gasteiger partial charge in [0.25, 0.3) is 0 Å². The third kappa shape index (κ3) is 3.31. The number of fused-ring (bicyclic) bond motifs is 1. The molecule has 0 spiro atoms. The van der Waals surface area contributed by atoms with E-state index in [2.05, 4.69) is 44.3 Å². The van der Waals surface area contributed by atoms with E-state index >= 15 is 0 Å². The minimum atomic E-state index is 0.640. The van der Waals surface area contributed by atoms with E-state index in [1.165, 1.54) is 5.56 Å². The van der Waals surface area contributed by atoms with Crippen molar-refractivity contribution in [1.82, 2.24) is 14.8 Å². The largest absolute Gasteiger partial charge is 0.363 e. The van der Waals surface area contributed by atoms with Gasteiger partial charge >= 0.3 is 0 Å². The van der Waals surface area contributed by atoms with Crippen LogP contribution in [0.2, 0.25) is 0 Å². The van der Waals surface area contributed by atoms with E-state index in [1.54, 1.807) is 6.20 Å². The predicted molar refractivity (Wildman–Crippen MR) is 107 cm³/mol. The molecule has 5 heteroatoms. The van der Waals surface area contributed by atoms with Gasteiger partial charge in [0.15, 0.2) is 12.1 Å². The first-order valence-corrected chi connectivity index (χ1v) is 8.89. The van der Waals surface area contributed by atoms with Crippen LogP contribution in [0.5, 0.6) is 0 Å². The van der Waals surface area contributed by atoms with E-state index in [-0.39, 0.29) is 0 Å². The summed E-state index contributed by atoms with van der Waals surface area (Å²) in [6.07, 6.45) is 2.57. The summed E-state index contributed by atoms with van der Waals surface area (Å²) in [6, 6.07) is 20.3. The molecule has 0 radical (unpaired) electrons. The Morgan fingerprint density at radius 1 is 1.00 bits per heavy atom. The molecule has 5 nitrogen and oxygen atoms in total. The average Bonchev–Trinajstić information content (AvgIpc) is 2.99. The second-order valence-electron chi connectivity index (χ2n) is 6.48. The van der Waals surface area contributed by atoms with Gasteiger partial charge in [-0.25, -0.2) is 0 Å². The van der Waals surface area contributed by atoms with E-state index < -0.39 is 0 Å². The van der Waals surface area contributed by atoms with Crippen LogP contribution in [0.25, 0.3) is 10.9 Å². The topological polar surface area (TPSA) is 59.8 Å². The molecule has 2 aromatic carbocycles. The fraction of sp³-hybridized carbons (Fsp3) is 0.136. The van der Waals surface area contributed by atoms with Crippen molar-refractivity contribution in [3.8, 4) is 0 Å². The van der Waals surface area contributed by atoms with Gasteiger partial charge in [-0.15, -0.1) is 5.10 Å². The standard InChI is InChI=1S/C22H20N4O/c1-16-20(15-27)19-13-24-25-22(23-12-17-8-4-2-5-9-17)21(19)26(16)14-18-10-6-3-7-11-18/h2-11,13,15H,12,14H2,1H3,(H,23,25). The molecule has 0 saturated heterocycles. The van der Waals surface area contributed by atoms with Crippen LogP contribution in [0.15, 0.2) is 66.9 Å². The summed E-state index contributed by atoms with van der Waals surface area (Å²) in [6.45, 7) is 3.27. The molecule has 0 saturated carbocycles. The highest BCUT2D eigenvalue weighted by Crippen LogP contribution is 2.29. The van der Waals surface area contributed by atoms with Crippen molar-refractivity contribution < 1.29 is 4.79 Å². The fourth-order valence-corrected chi connectivity index (χ4v) is 3.37. The molecule has 134 valence electrons. The Morgan fingerprint density at radius 3 is 2.33 bits per heavy atom. The van der Waals surface area contributed by atoms with E-state index in [0.29, 0.717) is 24.5 Å². The van der Waals surface area contributed by atoms with E-state index in [4.69, 9.17) is 0 Å². The fourth-order valence-electron chi connectivity index (χ4n) is 3.37. The van der Waals surface area contributed by atoms with Crippen LogP contribution in [-0.4, -0.2) is 21.1 Å². The zero-order valence-corrected chi connectivity index (χ0v) is 15.1. The van der Waals surface area contributed by atoms with Crippen LogP contribution < -0.4 is 5.32 Å². The van der Waals surface area contributed by atoms with Crippen molar-refractivity contribution in [3.05, 3.63) is 89.2 Å². The van der Waals surface area contributed by atoms with Gasteiger partial charge in [0.05, 0.1) is 11.7 Å².